The minimum atomic E-state index is -0.107. The average molecular weight is 291 g/mol. The molecule has 4 bridgehead atoms. The number of anilines is 1. The standard InChI is InChI=1S/C16H19ClN2O/c17-14-6-13(1-2-18-14)19-15(20)16-7-10-3-11(8-16)5-12(4-10)9-16/h1-2,6,10-12H,3-5,7-9H2,(H,18,19,20). The summed E-state index contributed by atoms with van der Waals surface area (Å²) in [7, 11) is 0. The maximum atomic E-state index is 12.8. The molecule has 4 aliphatic carbocycles. The van der Waals surface area contributed by atoms with E-state index in [0.29, 0.717) is 5.15 Å². The maximum absolute atomic E-state index is 12.8. The fourth-order valence-electron chi connectivity index (χ4n) is 5.13. The van der Waals surface area contributed by atoms with E-state index in [9.17, 15) is 4.79 Å². The quantitative estimate of drug-likeness (QED) is 0.840. The van der Waals surface area contributed by atoms with Crippen LogP contribution in [0.25, 0.3) is 0 Å². The van der Waals surface area contributed by atoms with Gasteiger partial charge in [0.1, 0.15) is 5.15 Å². The number of hydrogen-bond acceptors (Lipinski definition) is 2. The van der Waals surface area contributed by atoms with Crippen molar-refractivity contribution in [2.75, 3.05) is 5.32 Å². The number of nitrogens with one attached hydrogen (secondary N) is 1. The first-order valence-corrected chi connectivity index (χ1v) is 7.94. The molecule has 1 heterocycles. The predicted molar refractivity (Wildman–Crippen MR) is 78.5 cm³/mol. The molecule has 0 aromatic carbocycles. The predicted octanol–water partition coefficient (Wildman–Crippen LogP) is 3.89. The van der Waals surface area contributed by atoms with Crippen LogP contribution in [0.4, 0.5) is 5.69 Å². The minimum Gasteiger partial charge on any atom is -0.325 e. The maximum Gasteiger partial charge on any atom is 0.230 e. The van der Waals surface area contributed by atoms with Crippen molar-refractivity contribution in [1.29, 1.82) is 0 Å². The summed E-state index contributed by atoms with van der Waals surface area (Å²) in [5, 5.41) is 3.50. The Morgan fingerprint density at radius 1 is 1.20 bits per heavy atom. The third kappa shape index (κ3) is 2.03. The summed E-state index contributed by atoms with van der Waals surface area (Å²) in [6.45, 7) is 0. The van der Waals surface area contributed by atoms with Crippen LogP contribution in [0.1, 0.15) is 38.5 Å². The van der Waals surface area contributed by atoms with Crippen LogP contribution in [-0.2, 0) is 4.79 Å². The van der Waals surface area contributed by atoms with Gasteiger partial charge in [-0.25, -0.2) is 4.98 Å². The normalized spacial score (nSPS) is 38.0. The number of carbonyl (C=O) groups is 1. The Bertz CT molecular complexity index is 522. The zero-order valence-electron chi connectivity index (χ0n) is 11.4. The lowest BCUT2D eigenvalue weighted by Gasteiger charge is -2.55. The molecule has 1 aromatic rings. The minimum absolute atomic E-state index is 0.107. The molecule has 0 aliphatic heterocycles. The van der Waals surface area contributed by atoms with Crippen molar-refractivity contribution in [3.63, 3.8) is 0 Å². The van der Waals surface area contributed by atoms with Gasteiger partial charge in [-0.3, -0.25) is 4.79 Å². The Morgan fingerprint density at radius 2 is 1.80 bits per heavy atom. The monoisotopic (exact) mass is 290 g/mol. The van der Waals surface area contributed by atoms with Crippen LogP contribution in [0.3, 0.4) is 0 Å². The fourth-order valence-corrected chi connectivity index (χ4v) is 5.31. The summed E-state index contributed by atoms with van der Waals surface area (Å²) in [5.41, 5.74) is 0.663. The van der Waals surface area contributed by atoms with Crippen molar-refractivity contribution < 1.29 is 4.79 Å². The van der Waals surface area contributed by atoms with Gasteiger partial charge in [-0.1, -0.05) is 11.6 Å². The summed E-state index contributed by atoms with van der Waals surface area (Å²) in [4.78, 5) is 16.8. The molecule has 3 nitrogen and oxygen atoms in total. The molecule has 0 radical (unpaired) electrons. The van der Waals surface area contributed by atoms with E-state index in [1.807, 2.05) is 6.07 Å². The molecule has 1 N–H and O–H groups in total. The van der Waals surface area contributed by atoms with Crippen LogP contribution < -0.4 is 5.32 Å². The Hall–Kier alpha value is -1.09. The molecule has 1 amide bonds. The van der Waals surface area contributed by atoms with E-state index < -0.39 is 0 Å². The molecule has 4 heteroatoms. The molecule has 106 valence electrons. The number of hydrogen-bond donors (Lipinski definition) is 1. The second kappa shape index (κ2) is 4.45. The number of halogens is 1. The Morgan fingerprint density at radius 3 is 2.35 bits per heavy atom. The van der Waals surface area contributed by atoms with E-state index in [-0.39, 0.29) is 11.3 Å². The van der Waals surface area contributed by atoms with Gasteiger partial charge in [0, 0.05) is 11.9 Å². The SMILES string of the molecule is O=C(Nc1ccnc(Cl)c1)C12CC3CC(CC(C3)C1)C2. The first kappa shape index (κ1) is 12.6. The van der Waals surface area contributed by atoms with Crippen LogP contribution in [0, 0.1) is 23.2 Å². The van der Waals surface area contributed by atoms with Gasteiger partial charge in [-0.05, 0) is 68.4 Å². The van der Waals surface area contributed by atoms with Crippen LogP contribution in [0.5, 0.6) is 0 Å². The van der Waals surface area contributed by atoms with Gasteiger partial charge in [0.2, 0.25) is 5.91 Å². The van der Waals surface area contributed by atoms with Crippen LogP contribution in [0.2, 0.25) is 5.15 Å². The largest absolute Gasteiger partial charge is 0.325 e. The van der Waals surface area contributed by atoms with E-state index in [1.54, 1.807) is 12.3 Å². The first-order valence-electron chi connectivity index (χ1n) is 7.56. The van der Waals surface area contributed by atoms with E-state index in [4.69, 9.17) is 11.6 Å². The Labute approximate surface area is 124 Å². The Balaban J connectivity index is 1.56. The number of carbonyl (C=O) groups excluding carboxylic acids is 1. The van der Waals surface area contributed by atoms with Crippen molar-refractivity contribution in [2.45, 2.75) is 38.5 Å². The second-order valence-electron chi connectivity index (χ2n) is 7.02. The molecule has 0 spiro atoms. The van der Waals surface area contributed by atoms with Crippen molar-refractivity contribution in [1.82, 2.24) is 4.98 Å². The third-order valence-corrected chi connectivity index (χ3v) is 5.71. The number of amides is 1. The summed E-state index contributed by atoms with van der Waals surface area (Å²) in [6.07, 6.45) is 8.96. The molecule has 1 aromatic heterocycles. The highest BCUT2D eigenvalue weighted by Crippen LogP contribution is 2.60. The molecular formula is C16H19ClN2O. The lowest BCUT2D eigenvalue weighted by atomic mass is 9.49. The van der Waals surface area contributed by atoms with Crippen LogP contribution in [-0.4, -0.2) is 10.9 Å². The molecule has 20 heavy (non-hydrogen) atoms. The highest BCUT2D eigenvalue weighted by Gasteiger charge is 2.54. The summed E-state index contributed by atoms with van der Waals surface area (Å²) in [5.74, 6) is 2.56. The van der Waals surface area contributed by atoms with E-state index in [2.05, 4.69) is 10.3 Å². The lowest BCUT2D eigenvalue weighted by Crippen LogP contribution is -2.51. The molecular weight excluding hydrogens is 272 g/mol. The first-order chi connectivity index (χ1) is 9.63. The van der Waals surface area contributed by atoms with E-state index in [1.165, 1.54) is 19.3 Å². The van der Waals surface area contributed by atoms with Crippen LogP contribution in [0.15, 0.2) is 18.3 Å². The molecule has 5 rings (SSSR count). The Kier molecular flexibility index (Phi) is 2.81. The van der Waals surface area contributed by atoms with Gasteiger partial charge >= 0.3 is 0 Å². The van der Waals surface area contributed by atoms with E-state index >= 15 is 0 Å². The van der Waals surface area contributed by atoms with Gasteiger partial charge in [0.15, 0.2) is 0 Å². The van der Waals surface area contributed by atoms with Gasteiger partial charge in [0.25, 0.3) is 0 Å². The van der Waals surface area contributed by atoms with Gasteiger partial charge in [0.05, 0.1) is 5.41 Å². The number of nitrogens with zero attached hydrogens (tertiary/aromatic N) is 1. The average Bonchev–Trinajstić information content (AvgIpc) is 2.37. The number of aromatic nitrogens is 1. The highest BCUT2D eigenvalue weighted by atomic mass is 35.5. The molecule has 0 atom stereocenters. The van der Waals surface area contributed by atoms with Crippen molar-refractivity contribution in [2.24, 2.45) is 23.2 Å². The van der Waals surface area contributed by atoms with Gasteiger partial charge < -0.3 is 5.32 Å². The molecule has 4 aliphatic rings. The fraction of sp³-hybridized carbons (Fsp3) is 0.625. The second-order valence-corrected chi connectivity index (χ2v) is 7.41. The van der Waals surface area contributed by atoms with Crippen molar-refractivity contribution in [3.05, 3.63) is 23.5 Å². The van der Waals surface area contributed by atoms with Crippen LogP contribution >= 0.6 is 11.6 Å². The topological polar surface area (TPSA) is 42.0 Å². The smallest absolute Gasteiger partial charge is 0.230 e. The lowest BCUT2D eigenvalue weighted by molar-refractivity contribution is -0.140. The summed E-state index contributed by atoms with van der Waals surface area (Å²) < 4.78 is 0. The zero-order valence-corrected chi connectivity index (χ0v) is 12.2. The summed E-state index contributed by atoms with van der Waals surface area (Å²) >= 11 is 5.88. The molecule has 0 unspecified atom stereocenters. The van der Waals surface area contributed by atoms with Crippen molar-refractivity contribution in [3.8, 4) is 0 Å². The van der Waals surface area contributed by atoms with Gasteiger partial charge in [-0.2, -0.15) is 0 Å². The van der Waals surface area contributed by atoms with Crippen molar-refractivity contribution >= 4 is 23.2 Å². The third-order valence-electron chi connectivity index (χ3n) is 5.50. The molecule has 4 fully saturated rings. The number of rotatable bonds is 2. The van der Waals surface area contributed by atoms with Gasteiger partial charge in [-0.15, -0.1) is 0 Å². The number of pyridine rings is 1. The molecule has 4 saturated carbocycles. The zero-order chi connectivity index (χ0) is 13.7. The molecule has 0 saturated heterocycles. The summed E-state index contributed by atoms with van der Waals surface area (Å²) in [6, 6.07) is 3.53. The van der Waals surface area contributed by atoms with E-state index in [0.717, 1.165) is 42.7 Å². The highest BCUT2D eigenvalue weighted by molar-refractivity contribution is 6.29.